The highest BCUT2D eigenvalue weighted by atomic mass is 79.9. The molecule has 0 amide bonds. The molecule has 0 saturated carbocycles. The molecule has 0 aromatic heterocycles. The van der Waals surface area contributed by atoms with Gasteiger partial charge < -0.3 is 4.74 Å². The van der Waals surface area contributed by atoms with Crippen molar-refractivity contribution in [3.63, 3.8) is 0 Å². The maximum Gasteiger partial charge on any atom is 0.334 e. The molecule has 1 aliphatic carbocycles. The van der Waals surface area contributed by atoms with Crippen LogP contribution >= 0.6 is 15.9 Å². The van der Waals surface area contributed by atoms with E-state index in [0.717, 1.165) is 24.8 Å². The highest BCUT2D eigenvalue weighted by Crippen LogP contribution is 2.38. The standard InChI is InChI=1S/C14H13BrO2/c15-13-7-12-10(8-17-14(12)16)6-5-9-3-1-2-4-11(9)13/h1-4,13H,5-8H2/t13-/m1/s1. The predicted molar refractivity (Wildman–Crippen MR) is 69.0 cm³/mol. The van der Waals surface area contributed by atoms with E-state index in [2.05, 4.69) is 40.2 Å². The Morgan fingerprint density at radius 1 is 1.24 bits per heavy atom. The van der Waals surface area contributed by atoms with Crippen molar-refractivity contribution in [2.24, 2.45) is 0 Å². The van der Waals surface area contributed by atoms with Crippen LogP contribution in [0, 0.1) is 0 Å². The number of carbonyl (C=O) groups excluding carboxylic acids is 1. The summed E-state index contributed by atoms with van der Waals surface area (Å²) in [6.07, 6.45) is 2.68. The molecule has 0 radical (unpaired) electrons. The highest BCUT2D eigenvalue weighted by Gasteiger charge is 2.29. The topological polar surface area (TPSA) is 26.3 Å². The van der Waals surface area contributed by atoms with Crippen molar-refractivity contribution in [1.82, 2.24) is 0 Å². The van der Waals surface area contributed by atoms with Crippen LogP contribution in [0.2, 0.25) is 0 Å². The third-order valence-electron chi connectivity index (χ3n) is 3.52. The second-order valence-electron chi connectivity index (χ2n) is 4.53. The minimum absolute atomic E-state index is 0.121. The van der Waals surface area contributed by atoms with Gasteiger partial charge in [-0.05, 0) is 36.0 Å². The Hall–Kier alpha value is -1.09. The zero-order chi connectivity index (χ0) is 11.8. The highest BCUT2D eigenvalue weighted by molar-refractivity contribution is 9.09. The van der Waals surface area contributed by atoms with Crippen molar-refractivity contribution < 1.29 is 9.53 Å². The molecular formula is C14H13BrO2. The third-order valence-corrected chi connectivity index (χ3v) is 4.34. The number of carbonyl (C=O) groups is 1. The first-order chi connectivity index (χ1) is 8.25. The Bertz CT molecular complexity index is 505. The summed E-state index contributed by atoms with van der Waals surface area (Å²) in [5, 5.41) is 0. The van der Waals surface area contributed by atoms with Crippen LogP contribution in [-0.4, -0.2) is 12.6 Å². The number of esters is 1. The number of hydrogen-bond acceptors (Lipinski definition) is 2. The lowest BCUT2D eigenvalue weighted by Crippen LogP contribution is -2.07. The molecule has 0 N–H and O–H groups in total. The Morgan fingerprint density at radius 2 is 2.06 bits per heavy atom. The summed E-state index contributed by atoms with van der Waals surface area (Å²) in [5.41, 5.74) is 4.76. The smallest absolute Gasteiger partial charge is 0.334 e. The van der Waals surface area contributed by atoms with Gasteiger partial charge in [0.2, 0.25) is 0 Å². The molecule has 1 heterocycles. The Labute approximate surface area is 109 Å². The van der Waals surface area contributed by atoms with Crippen LogP contribution in [0.15, 0.2) is 35.4 Å². The summed E-state index contributed by atoms with van der Waals surface area (Å²) in [4.78, 5) is 11.8. The summed E-state index contributed by atoms with van der Waals surface area (Å²) in [5.74, 6) is -0.121. The van der Waals surface area contributed by atoms with Gasteiger partial charge in [0.25, 0.3) is 0 Å². The zero-order valence-corrected chi connectivity index (χ0v) is 11.0. The van der Waals surface area contributed by atoms with E-state index < -0.39 is 0 Å². The number of rotatable bonds is 0. The molecule has 1 atom stereocenters. The predicted octanol–water partition coefficient (Wildman–Crippen LogP) is 3.31. The lowest BCUT2D eigenvalue weighted by Gasteiger charge is -2.18. The van der Waals surface area contributed by atoms with Crippen molar-refractivity contribution in [2.75, 3.05) is 6.61 Å². The number of aryl methyl sites for hydroxylation is 1. The first kappa shape index (κ1) is 11.0. The van der Waals surface area contributed by atoms with Crippen molar-refractivity contribution >= 4 is 21.9 Å². The number of ether oxygens (including phenoxy) is 1. The lowest BCUT2D eigenvalue weighted by atomic mass is 9.90. The number of hydrogen-bond donors (Lipinski definition) is 0. The van der Waals surface area contributed by atoms with E-state index in [1.807, 2.05) is 0 Å². The normalized spacial score (nSPS) is 23.6. The van der Waals surface area contributed by atoms with Crippen molar-refractivity contribution in [1.29, 1.82) is 0 Å². The fourth-order valence-electron chi connectivity index (χ4n) is 2.56. The Kier molecular flexibility index (Phi) is 2.79. The van der Waals surface area contributed by atoms with Crippen LogP contribution in [0.3, 0.4) is 0 Å². The van der Waals surface area contributed by atoms with Crippen molar-refractivity contribution in [3.05, 3.63) is 46.5 Å². The van der Waals surface area contributed by atoms with E-state index >= 15 is 0 Å². The van der Waals surface area contributed by atoms with Gasteiger partial charge in [0.05, 0.1) is 0 Å². The summed E-state index contributed by atoms with van der Waals surface area (Å²) in [7, 11) is 0. The van der Waals surface area contributed by atoms with E-state index in [1.165, 1.54) is 16.7 Å². The molecule has 17 heavy (non-hydrogen) atoms. The van der Waals surface area contributed by atoms with Crippen LogP contribution in [0.25, 0.3) is 0 Å². The van der Waals surface area contributed by atoms with Crippen LogP contribution in [0.1, 0.15) is 28.8 Å². The van der Waals surface area contributed by atoms with Gasteiger partial charge in [0.1, 0.15) is 6.61 Å². The summed E-state index contributed by atoms with van der Waals surface area (Å²) in [6, 6.07) is 8.44. The molecule has 0 spiro atoms. The van der Waals surface area contributed by atoms with Gasteiger partial charge in [-0.3, -0.25) is 0 Å². The molecule has 1 aromatic rings. The largest absolute Gasteiger partial charge is 0.458 e. The second kappa shape index (κ2) is 4.30. The van der Waals surface area contributed by atoms with Gasteiger partial charge in [0, 0.05) is 10.4 Å². The van der Waals surface area contributed by atoms with Crippen LogP contribution in [0.5, 0.6) is 0 Å². The summed E-state index contributed by atoms with van der Waals surface area (Å²) >= 11 is 3.69. The molecule has 2 nitrogen and oxygen atoms in total. The van der Waals surface area contributed by atoms with Gasteiger partial charge in [-0.2, -0.15) is 0 Å². The average molecular weight is 293 g/mol. The molecule has 1 aromatic carbocycles. The molecule has 3 rings (SSSR count). The fourth-order valence-corrected chi connectivity index (χ4v) is 3.33. The van der Waals surface area contributed by atoms with E-state index in [9.17, 15) is 4.79 Å². The first-order valence-electron chi connectivity index (χ1n) is 5.85. The van der Waals surface area contributed by atoms with E-state index in [1.54, 1.807) is 0 Å². The monoisotopic (exact) mass is 292 g/mol. The molecule has 0 unspecified atom stereocenters. The van der Waals surface area contributed by atoms with Gasteiger partial charge in [-0.25, -0.2) is 4.79 Å². The molecule has 0 saturated heterocycles. The van der Waals surface area contributed by atoms with Gasteiger partial charge in [0.15, 0.2) is 0 Å². The quantitative estimate of drug-likeness (QED) is 0.542. The summed E-state index contributed by atoms with van der Waals surface area (Å²) < 4.78 is 5.12. The lowest BCUT2D eigenvalue weighted by molar-refractivity contribution is -0.136. The third kappa shape index (κ3) is 1.93. The number of halogens is 1. The van der Waals surface area contributed by atoms with E-state index in [-0.39, 0.29) is 10.8 Å². The molecule has 1 aliphatic heterocycles. The van der Waals surface area contributed by atoms with Crippen LogP contribution < -0.4 is 0 Å². The minimum Gasteiger partial charge on any atom is -0.458 e. The molecule has 0 bridgehead atoms. The van der Waals surface area contributed by atoms with E-state index in [0.29, 0.717) is 6.61 Å². The van der Waals surface area contributed by atoms with Crippen LogP contribution in [-0.2, 0) is 16.0 Å². The average Bonchev–Trinajstić information content (AvgIpc) is 2.66. The number of benzene rings is 1. The number of cyclic esters (lactones) is 1. The fraction of sp³-hybridized carbons (Fsp3) is 0.357. The van der Waals surface area contributed by atoms with Crippen molar-refractivity contribution in [3.8, 4) is 0 Å². The van der Waals surface area contributed by atoms with Gasteiger partial charge >= 0.3 is 5.97 Å². The first-order valence-corrected chi connectivity index (χ1v) is 6.77. The Balaban J connectivity index is 2.00. The molecule has 3 heteroatoms. The molecular weight excluding hydrogens is 280 g/mol. The minimum atomic E-state index is -0.121. The SMILES string of the molecule is O=C1OCC2=C1C[C@@H](Br)c1ccccc1CC2. The number of alkyl halides is 1. The van der Waals surface area contributed by atoms with Gasteiger partial charge in [-0.15, -0.1) is 0 Å². The molecule has 88 valence electrons. The maximum absolute atomic E-state index is 11.6. The zero-order valence-electron chi connectivity index (χ0n) is 9.41. The number of fused-ring (bicyclic) bond motifs is 1. The van der Waals surface area contributed by atoms with Crippen LogP contribution in [0.4, 0.5) is 0 Å². The maximum atomic E-state index is 11.6. The van der Waals surface area contributed by atoms with E-state index in [4.69, 9.17) is 4.74 Å². The van der Waals surface area contributed by atoms with Gasteiger partial charge in [-0.1, -0.05) is 40.2 Å². The Morgan fingerprint density at radius 3 is 2.94 bits per heavy atom. The second-order valence-corrected chi connectivity index (χ2v) is 5.63. The molecule has 2 aliphatic rings. The van der Waals surface area contributed by atoms with Crippen molar-refractivity contribution in [2.45, 2.75) is 24.1 Å². The molecule has 0 fully saturated rings. The summed E-state index contributed by atoms with van der Waals surface area (Å²) in [6.45, 7) is 0.496.